The summed E-state index contributed by atoms with van der Waals surface area (Å²) in [6.45, 7) is 16.4. The summed E-state index contributed by atoms with van der Waals surface area (Å²) in [5, 5.41) is 18.3. The molecule has 5 unspecified atom stereocenters. The molecular weight excluding hydrogens is 989 g/mol. The van der Waals surface area contributed by atoms with E-state index in [-0.39, 0.29) is 34.5 Å². The number of methoxy groups -OCH3 is 6. The Kier molecular flexibility index (Phi) is 19.7. The van der Waals surface area contributed by atoms with E-state index >= 15 is 4.79 Å². The lowest BCUT2D eigenvalue weighted by molar-refractivity contribution is -0.176. The Bertz CT molecular complexity index is 2200. The van der Waals surface area contributed by atoms with Gasteiger partial charge in [0.15, 0.2) is 23.0 Å². The molecule has 2 fully saturated rings. The Morgan fingerprint density at radius 1 is 0.629 bits per heavy atom. The molecule has 4 rings (SSSR count). The summed E-state index contributed by atoms with van der Waals surface area (Å²) in [5.74, 6) is -3.73. The molecule has 0 saturated carbocycles. The van der Waals surface area contributed by atoms with Crippen LogP contribution in [0.25, 0.3) is 0 Å². The van der Waals surface area contributed by atoms with Crippen LogP contribution in [0.1, 0.15) is 91.1 Å². The van der Waals surface area contributed by atoms with E-state index in [1.54, 1.807) is 93.5 Å². The van der Waals surface area contributed by atoms with Crippen LogP contribution in [0.3, 0.4) is 0 Å². The van der Waals surface area contributed by atoms with Crippen LogP contribution in [0.2, 0.25) is 0 Å². The lowest BCUT2D eigenvalue weighted by atomic mass is 9.77. The summed E-state index contributed by atoms with van der Waals surface area (Å²) in [6, 6.07) is 4.08. The van der Waals surface area contributed by atoms with Crippen LogP contribution in [0.15, 0.2) is 24.3 Å². The van der Waals surface area contributed by atoms with Gasteiger partial charge in [0.2, 0.25) is 23.3 Å². The number of aliphatic carboxylic acids is 2. The summed E-state index contributed by atoms with van der Waals surface area (Å²) >= 11 is 2.48. The minimum atomic E-state index is -1.85. The Morgan fingerprint density at radius 2 is 1.01 bits per heavy atom. The highest BCUT2D eigenvalue weighted by atomic mass is 33.1. The number of rotatable bonds is 21. The molecule has 2 aliphatic heterocycles. The number of hydrogen-bond donors (Lipinski definition) is 2. The summed E-state index contributed by atoms with van der Waals surface area (Å²) < 4.78 is 45.8. The number of carboxylic acids is 2. The molecule has 70 heavy (non-hydrogen) atoms. The normalized spacial score (nSPS) is 20.8. The molecule has 18 nitrogen and oxygen atoms in total. The topological polar surface area (TPSA) is 223 Å². The first-order valence-electron chi connectivity index (χ1n) is 22.3. The standard InChI is InChI=1S/C48H68N2O16S4/c1-24(38(51)49-29(41(52)53)22-67-39(49)27-17-31(59-11)35(63-15)32(18-27)60-12)21-69-70-37(25(2)65-44(57)46(4,5)6)48(10,26(3)66-45(58)47(7,8)9)43(56)50-30(42(54)55)23-68-40(50)28-19-33(61-13)36(64-16)34(20-28)62-14/h17-20,24-26,29-30,37,39-40H,21-23H2,1-16H3,(H,52,53)(H,54,55)/t24-,25?,26?,29+,30+,37?,39?,40?,48-/m1/s1. The summed E-state index contributed by atoms with van der Waals surface area (Å²) in [5.41, 5.74) is -2.84. The number of esters is 2. The molecule has 2 aliphatic rings. The van der Waals surface area contributed by atoms with Gasteiger partial charge in [0.05, 0.1) is 64.2 Å². The zero-order valence-corrected chi connectivity index (χ0v) is 46.0. The molecule has 0 spiro atoms. The van der Waals surface area contributed by atoms with Crippen molar-refractivity contribution in [2.75, 3.05) is 59.9 Å². The molecule has 0 radical (unpaired) electrons. The molecule has 2 amide bonds. The van der Waals surface area contributed by atoms with Gasteiger partial charge in [0.25, 0.3) is 0 Å². The van der Waals surface area contributed by atoms with E-state index in [1.165, 1.54) is 86.8 Å². The quantitative estimate of drug-likeness (QED) is 0.0897. The summed E-state index contributed by atoms with van der Waals surface area (Å²) in [4.78, 5) is 86.5. The first-order valence-corrected chi connectivity index (χ1v) is 26.8. The van der Waals surface area contributed by atoms with Crippen molar-refractivity contribution in [1.82, 2.24) is 9.80 Å². The van der Waals surface area contributed by atoms with E-state index in [0.717, 1.165) is 10.8 Å². The average Bonchev–Trinajstić information content (AvgIpc) is 3.97. The highest BCUT2D eigenvalue weighted by Crippen LogP contribution is 2.53. The summed E-state index contributed by atoms with van der Waals surface area (Å²) in [7, 11) is 11.0. The fourth-order valence-corrected chi connectivity index (χ4v) is 14.2. The van der Waals surface area contributed by atoms with Gasteiger partial charge in [0, 0.05) is 23.2 Å². The molecule has 0 bridgehead atoms. The van der Waals surface area contributed by atoms with Crippen LogP contribution in [-0.2, 0) is 38.2 Å². The van der Waals surface area contributed by atoms with Crippen molar-refractivity contribution in [1.29, 1.82) is 0 Å². The van der Waals surface area contributed by atoms with Crippen LogP contribution in [0.5, 0.6) is 34.5 Å². The minimum absolute atomic E-state index is 0.0153. The third kappa shape index (κ3) is 12.4. The zero-order chi connectivity index (χ0) is 52.8. The second-order valence-corrected chi connectivity index (χ2v) is 23.9. The van der Waals surface area contributed by atoms with Crippen molar-refractivity contribution in [3.05, 3.63) is 35.4 Å². The minimum Gasteiger partial charge on any atom is -0.493 e. The van der Waals surface area contributed by atoms with Crippen molar-refractivity contribution < 1.29 is 76.9 Å². The predicted molar refractivity (Wildman–Crippen MR) is 270 cm³/mol. The molecule has 22 heteroatoms. The number of carboxylic acid groups (broad SMARTS) is 2. The highest BCUT2D eigenvalue weighted by Gasteiger charge is 2.58. The van der Waals surface area contributed by atoms with E-state index in [4.69, 9.17) is 37.9 Å². The van der Waals surface area contributed by atoms with Gasteiger partial charge in [-0.15, -0.1) is 23.5 Å². The number of thioether (sulfide) groups is 2. The van der Waals surface area contributed by atoms with Gasteiger partial charge in [-0.25, -0.2) is 9.59 Å². The Labute approximate surface area is 426 Å². The van der Waals surface area contributed by atoms with Crippen molar-refractivity contribution in [3.8, 4) is 34.5 Å². The first-order chi connectivity index (χ1) is 32.7. The van der Waals surface area contributed by atoms with Crippen molar-refractivity contribution in [3.63, 3.8) is 0 Å². The lowest BCUT2D eigenvalue weighted by Gasteiger charge is -2.46. The molecule has 0 aromatic heterocycles. The largest absolute Gasteiger partial charge is 0.493 e. The molecule has 9 atom stereocenters. The molecule has 2 saturated heterocycles. The molecule has 2 N–H and O–H groups in total. The van der Waals surface area contributed by atoms with Crippen molar-refractivity contribution in [2.45, 2.75) is 110 Å². The Hall–Kier alpha value is -4.54. The fourth-order valence-electron chi connectivity index (χ4n) is 7.79. The molecule has 390 valence electrons. The smallest absolute Gasteiger partial charge is 0.327 e. The predicted octanol–water partition coefficient (Wildman–Crippen LogP) is 7.84. The van der Waals surface area contributed by atoms with Gasteiger partial charge in [-0.1, -0.05) is 28.5 Å². The second kappa shape index (κ2) is 23.8. The fraction of sp³-hybridized carbons (Fsp3) is 0.625. The second-order valence-electron chi connectivity index (χ2n) is 19.1. The number of ether oxygens (including phenoxy) is 8. The van der Waals surface area contributed by atoms with Crippen molar-refractivity contribution >= 4 is 80.8 Å². The van der Waals surface area contributed by atoms with Crippen LogP contribution in [0.4, 0.5) is 0 Å². The van der Waals surface area contributed by atoms with Crippen LogP contribution >= 0.6 is 45.1 Å². The molecule has 2 aromatic rings. The monoisotopic (exact) mass is 1060 g/mol. The Morgan fingerprint density at radius 3 is 1.39 bits per heavy atom. The van der Waals surface area contributed by atoms with E-state index < -0.39 is 98.1 Å². The first kappa shape index (κ1) is 58.0. The van der Waals surface area contributed by atoms with Gasteiger partial charge < -0.3 is 57.9 Å². The van der Waals surface area contributed by atoms with Gasteiger partial charge in [-0.2, -0.15) is 0 Å². The number of carbonyl (C=O) groups is 6. The van der Waals surface area contributed by atoms with Gasteiger partial charge in [0.1, 0.15) is 35.0 Å². The Balaban J connectivity index is 1.84. The lowest BCUT2D eigenvalue weighted by Crippen LogP contribution is -2.60. The van der Waals surface area contributed by atoms with Crippen LogP contribution in [-0.4, -0.2) is 145 Å². The SMILES string of the molecule is COc1cc(C2SC[C@@H](C(=O)O)N2C(=O)[C@H](C)CSSC(C(C)OC(=O)C(C)(C)C)[C@](C)(C(=O)N2C(c3cc(OC)c(OC)c(OC)c3)SC[C@H]2C(=O)O)C(C)OC(=O)C(C)(C)C)cc(OC)c1OC. The van der Waals surface area contributed by atoms with Crippen LogP contribution in [0, 0.1) is 22.2 Å². The number of benzene rings is 2. The molecule has 0 aliphatic carbocycles. The third-order valence-corrected chi connectivity index (χ3v) is 18.0. The maximum atomic E-state index is 15.9. The number of carbonyl (C=O) groups excluding carboxylic acids is 4. The van der Waals surface area contributed by atoms with E-state index in [2.05, 4.69) is 0 Å². The van der Waals surface area contributed by atoms with Gasteiger partial charge >= 0.3 is 23.9 Å². The number of nitrogens with zero attached hydrogens (tertiary/aromatic N) is 2. The number of amides is 2. The number of hydrogen-bond acceptors (Lipinski definition) is 18. The maximum Gasteiger partial charge on any atom is 0.327 e. The van der Waals surface area contributed by atoms with Gasteiger partial charge in [-0.05, 0) is 97.7 Å². The van der Waals surface area contributed by atoms with E-state index in [0.29, 0.717) is 28.4 Å². The van der Waals surface area contributed by atoms with Crippen LogP contribution < -0.4 is 28.4 Å². The molecule has 2 heterocycles. The highest BCUT2D eigenvalue weighted by molar-refractivity contribution is 8.77. The molecule has 2 aromatic carbocycles. The van der Waals surface area contributed by atoms with E-state index in [9.17, 15) is 34.2 Å². The zero-order valence-electron chi connectivity index (χ0n) is 42.7. The summed E-state index contributed by atoms with van der Waals surface area (Å²) in [6.07, 6.45) is -2.36. The van der Waals surface area contributed by atoms with Crippen molar-refractivity contribution in [2.24, 2.45) is 22.2 Å². The van der Waals surface area contributed by atoms with Gasteiger partial charge in [-0.3, -0.25) is 19.2 Å². The van der Waals surface area contributed by atoms with E-state index in [1.807, 2.05) is 0 Å². The average molecular weight is 1060 g/mol. The maximum absolute atomic E-state index is 15.9. The molecular formula is C48H68N2O16S4. The third-order valence-electron chi connectivity index (χ3n) is 12.0.